The van der Waals surface area contributed by atoms with Crippen molar-refractivity contribution in [3.8, 4) is 0 Å². The summed E-state index contributed by atoms with van der Waals surface area (Å²) in [5.41, 5.74) is 1.66. The summed E-state index contributed by atoms with van der Waals surface area (Å²) in [6.07, 6.45) is 3.18. The Morgan fingerprint density at radius 1 is 1.00 bits per heavy atom. The fraction of sp³-hybridized carbons (Fsp3) is 0.208. The van der Waals surface area contributed by atoms with Gasteiger partial charge in [0.2, 0.25) is 0 Å². The molecule has 5 rings (SSSR count). The highest BCUT2D eigenvalue weighted by atomic mass is 32.1. The molecule has 0 spiro atoms. The van der Waals surface area contributed by atoms with E-state index in [1.807, 2.05) is 0 Å². The molecule has 1 aromatic heterocycles. The minimum Gasteiger partial charge on any atom is -0.376 e. The van der Waals surface area contributed by atoms with Gasteiger partial charge in [0.15, 0.2) is 5.13 Å². The van der Waals surface area contributed by atoms with Gasteiger partial charge in [0.05, 0.1) is 23.8 Å². The van der Waals surface area contributed by atoms with Crippen LogP contribution in [0.3, 0.4) is 0 Å². The van der Waals surface area contributed by atoms with Crippen LogP contribution >= 0.6 is 11.3 Å². The summed E-state index contributed by atoms with van der Waals surface area (Å²) < 4.78 is 5.55. The van der Waals surface area contributed by atoms with Crippen molar-refractivity contribution in [2.45, 2.75) is 18.9 Å². The number of benzene rings is 2. The summed E-state index contributed by atoms with van der Waals surface area (Å²) in [5.74, 6) is -1.52. The van der Waals surface area contributed by atoms with Gasteiger partial charge in [-0.15, -0.1) is 11.3 Å². The highest BCUT2D eigenvalue weighted by Crippen LogP contribution is 2.26. The van der Waals surface area contributed by atoms with Gasteiger partial charge < -0.3 is 10.1 Å². The lowest BCUT2D eigenvalue weighted by Gasteiger charge is -2.17. The zero-order valence-electron chi connectivity index (χ0n) is 17.9. The van der Waals surface area contributed by atoms with Crippen molar-refractivity contribution >= 4 is 45.8 Å². The van der Waals surface area contributed by atoms with Gasteiger partial charge in [0.25, 0.3) is 23.6 Å². The predicted molar refractivity (Wildman–Crippen MR) is 125 cm³/mol. The molecule has 1 saturated heterocycles. The van der Waals surface area contributed by atoms with Gasteiger partial charge in [-0.3, -0.25) is 29.4 Å². The molecule has 2 N–H and O–H groups in total. The van der Waals surface area contributed by atoms with Crippen LogP contribution in [0.1, 0.15) is 54.3 Å². The molecule has 10 heteroatoms. The van der Waals surface area contributed by atoms with Gasteiger partial charge in [-0.1, -0.05) is 0 Å². The van der Waals surface area contributed by atoms with Crippen molar-refractivity contribution in [1.82, 2.24) is 9.88 Å². The Balaban J connectivity index is 1.25. The van der Waals surface area contributed by atoms with Crippen LogP contribution in [-0.4, -0.2) is 52.8 Å². The van der Waals surface area contributed by atoms with Crippen LogP contribution in [0.25, 0.3) is 0 Å². The molecule has 3 heterocycles. The number of thiazole rings is 1. The van der Waals surface area contributed by atoms with E-state index in [2.05, 4.69) is 15.6 Å². The summed E-state index contributed by atoms with van der Waals surface area (Å²) in [7, 11) is 0. The number of hydrogen-bond acceptors (Lipinski definition) is 7. The van der Waals surface area contributed by atoms with Crippen molar-refractivity contribution in [1.29, 1.82) is 0 Å². The zero-order chi connectivity index (χ0) is 23.7. The minimum absolute atomic E-state index is 0.142. The van der Waals surface area contributed by atoms with Crippen LogP contribution in [0.5, 0.6) is 0 Å². The number of nitrogens with zero attached hydrogens (tertiary/aromatic N) is 2. The molecule has 3 aromatic rings. The van der Waals surface area contributed by atoms with E-state index in [0.29, 0.717) is 23.0 Å². The van der Waals surface area contributed by atoms with Crippen LogP contribution in [0.4, 0.5) is 10.8 Å². The normalized spacial score (nSPS) is 17.1. The van der Waals surface area contributed by atoms with E-state index in [0.717, 1.165) is 12.8 Å². The number of carbonyl (C=O) groups excluding carboxylic acids is 4. The molecule has 1 unspecified atom stereocenters. The second-order valence-corrected chi connectivity index (χ2v) is 8.83. The molecule has 0 aliphatic carbocycles. The van der Waals surface area contributed by atoms with Gasteiger partial charge in [-0.05, 0) is 55.3 Å². The molecule has 1 fully saturated rings. The zero-order valence-corrected chi connectivity index (χ0v) is 18.8. The monoisotopic (exact) mass is 476 g/mol. The van der Waals surface area contributed by atoms with Crippen molar-refractivity contribution in [2.75, 3.05) is 23.8 Å². The summed E-state index contributed by atoms with van der Waals surface area (Å²) in [4.78, 5) is 55.7. The van der Waals surface area contributed by atoms with Crippen molar-refractivity contribution in [3.05, 3.63) is 76.3 Å². The Morgan fingerprint density at radius 3 is 2.44 bits per heavy atom. The van der Waals surface area contributed by atoms with Gasteiger partial charge in [-0.2, -0.15) is 0 Å². The SMILES string of the molecule is O=C(Nc1ccc(C(=O)Nc2nccs2)cc1)c1ccc2c(c1)C(=O)N(CC1CCCO1)C2=O. The molecule has 1 atom stereocenters. The predicted octanol–water partition coefficient (Wildman–Crippen LogP) is 3.42. The van der Waals surface area contributed by atoms with Gasteiger partial charge in [0.1, 0.15) is 0 Å². The van der Waals surface area contributed by atoms with Crippen LogP contribution in [-0.2, 0) is 4.74 Å². The molecule has 0 bridgehead atoms. The average Bonchev–Trinajstić information content (AvgIpc) is 3.59. The summed E-state index contributed by atoms with van der Waals surface area (Å²) in [6, 6.07) is 10.9. The summed E-state index contributed by atoms with van der Waals surface area (Å²) in [6.45, 7) is 0.853. The first-order chi connectivity index (χ1) is 16.5. The number of hydrogen-bond donors (Lipinski definition) is 2. The lowest BCUT2D eigenvalue weighted by Crippen LogP contribution is -2.36. The number of imide groups is 1. The number of aromatic nitrogens is 1. The van der Waals surface area contributed by atoms with E-state index in [9.17, 15) is 19.2 Å². The van der Waals surface area contributed by atoms with E-state index in [4.69, 9.17) is 4.74 Å². The Kier molecular flexibility index (Phi) is 5.91. The third kappa shape index (κ3) is 4.33. The topological polar surface area (TPSA) is 118 Å². The molecule has 2 aliphatic rings. The fourth-order valence-corrected chi connectivity index (χ4v) is 4.48. The highest BCUT2D eigenvalue weighted by molar-refractivity contribution is 7.13. The minimum atomic E-state index is -0.430. The number of amides is 4. The smallest absolute Gasteiger partial charge is 0.261 e. The lowest BCUT2D eigenvalue weighted by molar-refractivity contribution is 0.0475. The molecule has 4 amide bonds. The van der Waals surface area contributed by atoms with E-state index in [1.165, 1.54) is 34.4 Å². The Morgan fingerprint density at radius 2 is 1.74 bits per heavy atom. The fourth-order valence-electron chi connectivity index (χ4n) is 3.95. The first-order valence-electron chi connectivity index (χ1n) is 10.7. The standard InChI is InChI=1S/C24H20N4O5S/c29-20(27-24-25-9-11-34-24)14-3-6-16(7-4-14)26-21(30)15-5-8-18-19(12-15)23(32)28(22(18)31)13-17-2-1-10-33-17/h3-9,11-12,17H,1-2,10,13H2,(H,26,30)(H,25,27,29). The Labute approximate surface area is 198 Å². The molecule has 2 aromatic carbocycles. The number of rotatable bonds is 6. The molecular weight excluding hydrogens is 456 g/mol. The van der Waals surface area contributed by atoms with Crippen LogP contribution < -0.4 is 10.6 Å². The molecule has 0 radical (unpaired) electrons. The largest absolute Gasteiger partial charge is 0.376 e. The van der Waals surface area contributed by atoms with E-state index < -0.39 is 11.8 Å². The van der Waals surface area contributed by atoms with Crippen LogP contribution in [0.2, 0.25) is 0 Å². The third-order valence-electron chi connectivity index (χ3n) is 5.70. The molecule has 34 heavy (non-hydrogen) atoms. The third-order valence-corrected chi connectivity index (χ3v) is 6.39. The average molecular weight is 477 g/mol. The second-order valence-electron chi connectivity index (χ2n) is 7.94. The number of fused-ring (bicyclic) bond motifs is 1. The molecular formula is C24H20N4O5S. The Hall–Kier alpha value is -3.89. The van der Waals surface area contributed by atoms with E-state index in [-0.39, 0.29) is 41.2 Å². The first-order valence-corrected chi connectivity index (χ1v) is 11.6. The summed E-state index contributed by atoms with van der Waals surface area (Å²) >= 11 is 1.32. The Bertz CT molecular complexity index is 1270. The van der Waals surface area contributed by atoms with Gasteiger partial charge >= 0.3 is 0 Å². The van der Waals surface area contributed by atoms with Crippen molar-refractivity contribution < 1.29 is 23.9 Å². The van der Waals surface area contributed by atoms with Gasteiger partial charge in [-0.25, -0.2) is 4.98 Å². The summed E-state index contributed by atoms with van der Waals surface area (Å²) in [5, 5.41) is 7.70. The number of nitrogens with one attached hydrogen (secondary N) is 2. The lowest BCUT2D eigenvalue weighted by atomic mass is 10.1. The van der Waals surface area contributed by atoms with Crippen LogP contribution in [0, 0.1) is 0 Å². The van der Waals surface area contributed by atoms with E-state index in [1.54, 1.807) is 35.8 Å². The first kappa shape index (κ1) is 21.9. The number of anilines is 2. The van der Waals surface area contributed by atoms with E-state index >= 15 is 0 Å². The number of carbonyl (C=O) groups is 4. The maximum Gasteiger partial charge on any atom is 0.261 e. The maximum atomic E-state index is 12.8. The van der Waals surface area contributed by atoms with Gasteiger partial charge in [0, 0.05) is 35.0 Å². The number of ether oxygens (including phenoxy) is 1. The highest BCUT2D eigenvalue weighted by Gasteiger charge is 2.38. The molecule has 172 valence electrons. The van der Waals surface area contributed by atoms with Crippen LogP contribution in [0.15, 0.2) is 54.0 Å². The quantitative estimate of drug-likeness (QED) is 0.527. The molecule has 9 nitrogen and oxygen atoms in total. The maximum absolute atomic E-state index is 12.8. The van der Waals surface area contributed by atoms with Crippen molar-refractivity contribution in [3.63, 3.8) is 0 Å². The molecule has 2 aliphatic heterocycles. The second kappa shape index (κ2) is 9.16. The molecule has 0 saturated carbocycles. The van der Waals surface area contributed by atoms with Crippen molar-refractivity contribution in [2.24, 2.45) is 0 Å².